The first-order chi connectivity index (χ1) is 12.7. The Kier molecular flexibility index (Phi) is 4.04. The van der Waals surface area contributed by atoms with Crippen molar-refractivity contribution in [2.24, 2.45) is 0 Å². The lowest BCUT2D eigenvalue weighted by atomic mass is 10.0. The smallest absolute Gasteiger partial charge is 0.165 e. The molecule has 9 heteroatoms. The van der Waals surface area contributed by atoms with Crippen LogP contribution < -0.4 is 5.73 Å². The molecular weight excluding hydrogens is 335 g/mol. The summed E-state index contributed by atoms with van der Waals surface area (Å²) in [5, 5.41) is 8.49. The zero-order chi connectivity index (χ0) is 18.1. The standard InChI is InChI=1S/C17H17FN8/c1-2-14(11-3-5-12(18)6-4-11)26-8-13(23-24-26)7-25-10-22-15-16(19)20-9-21-17(15)25/h3-6,8-10,14H,2,7H2,1H3,(H2,19,20,21)/t14-/m1/s1. The van der Waals surface area contributed by atoms with Crippen molar-refractivity contribution in [2.75, 3.05) is 5.73 Å². The highest BCUT2D eigenvalue weighted by atomic mass is 19.1. The fraction of sp³-hybridized carbons (Fsp3) is 0.235. The molecule has 0 radical (unpaired) electrons. The van der Waals surface area contributed by atoms with Crippen LogP contribution in [0.15, 0.2) is 43.1 Å². The van der Waals surface area contributed by atoms with Gasteiger partial charge in [-0.15, -0.1) is 5.10 Å². The number of nitrogens with two attached hydrogens (primary N) is 1. The van der Waals surface area contributed by atoms with E-state index in [0.717, 1.165) is 17.7 Å². The summed E-state index contributed by atoms with van der Waals surface area (Å²) in [7, 11) is 0. The third kappa shape index (κ3) is 2.87. The highest BCUT2D eigenvalue weighted by Gasteiger charge is 2.15. The van der Waals surface area contributed by atoms with Crippen LogP contribution in [-0.4, -0.2) is 34.5 Å². The van der Waals surface area contributed by atoms with Crippen LogP contribution in [0.3, 0.4) is 0 Å². The quantitative estimate of drug-likeness (QED) is 0.591. The number of imidazole rings is 1. The molecule has 132 valence electrons. The molecule has 0 amide bonds. The number of hydrogen-bond donors (Lipinski definition) is 1. The first kappa shape index (κ1) is 16.1. The van der Waals surface area contributed by atoms with Crippen LogP contribution >= 0.6 is 0 Å². The number of nitrogen functional groups attached to an aromatic ring is 1. The molecule has 0 spiro atoms. The third-order valence-corrected chi connectivity index (χ3v) is 4.28. The second kappa shape index (κ2) is 6.51. The van der Waals surface area contributed by atoms with E-state index in [1.165, 1.54) is 18.5 Å². The maximum Gasteiger partial charge on any atom is 0.165 e. The fourth-order valence-electron chi connectivity index (χ4n) is 2.99. The number of hydrogen-bond acceptors (Lipinski definition) is 6. The van der Waals surface area contributed by atoms with Crippen LogP contribution in [-0.2, 0) is 6.54 Å². The molecule has 4 rings (SSSR count). The van der Waals surface area contributed by atoms with Crippen molar-refractivity contribution in [3.05, 3.63) is 60.2 Å². The summed E-state index contributed by atoms with van der Waals surface area (Å²) in [6.45, 7) is 2.52. The van der Waals surface area contributed by atoms with Gasteiger partial charge < -0.3 is 10.3 Å². The molecule has 0 unspecified atom stereocenters. The lowest BCUT2D eigenvalue weighted by Gasteiger charge is -2.15. The molecule has 4 aromatic rings. The SMILES string of the molecule is CC[C@H](c1ccc(F)cc1)n1cc(Cn2cnc3c(N)ncnc32)nn1. The van der Waals surface area contributed by atoms with E-state index in [-0.39, 0.29) is 11.9 Å². The van der Waals surface area contributed by atoms with Gasteiger partial charge in [0.1, 0.15) is 23.4 Å². The second-order valence-corrected chi connectivity index (χ2v) is 5.97. The molecule has 1 aromatic carbocycles. The monoisotopic (exact) mass is 352 g/mol. The van der Waals surface area contributed by atoms with Crippen molar-refractivity contribution in [1.82, 2.24) is 34.5 Å². The van der Waals surface area contributed by atoms with Gasteiger partial charge in [0.2, 0.25) is 0 Å². The summed E-state index contributed by atoms with van der Waals surface area (Å²) in [4.78, 5) is 12.4. The van der Waals surface area contributed by atoms with E-state index in [9.17, 15) is 4.39 Å². The summed E-state index contributed by atoms with van der Waals surface area (Å²) in [6.07, 6.45) is 5.76. The Hall–Kier alpha value is -3.36. The molecule has 1 atom stereocenters. The predicted octanol–water partition coefficient (Wildman–Crippen LogP) is 2.19. The zero-order valence-corrected chi connectivity index (χ0v) is 14.1. The number of benzene rings is 1. The van der Waals surface area contributed by atoms with E-state index in [1.54, 1.807) is 23.1 Å². The van der Waals surface area contributed by atoms with Gasteiger partial charge in [0.25, 0.3) is 0 Å². The number of fused-ring (bicyclic) bond motifs is 1. The van der Waals surface area contributed by atoms with Gasteiger partial charge in [0.05, 0.1) is 25.1 Å². The van der Waals surface area contributed by atoms with Crippen molar-refractivity contribution in [3.8, 4) is 0 Å². The minimum atomic E-state index is -0.254. The molecular formula is C17H17FN8. The van der Waals surface area contributed by atoms with Crippen molar-refractivity contribution in [1.29, 1.82) is 0 Å². The molecule has 26 heavy (non-hydrogen) atoms. The molecule has 0 aliphatic heterocycles. The maximum absolute atomic E-state index is 13.2. The van der Waals surface area contributed by atoms with Gasteiger partial charge >= 0.3 is 0 Å². The lowest BCUT2D eigenvalue weighted by Crippen LogP contribution is -2.10. The van der Waals surface area contributed by atoms with E-state index >= 15 is 0 Å². The normalized spacial score (nSPS) is 12.5. The Bertz CT molecular complexity index is 1040. The Morgan fingerprint density at radius 1 is 1.15 bits per heavy atom. The van der Waals surface area contributed by atoms with Gasteiger partial charge in [-0.3, -0.25) is 0 Å². The second-order valence-electron chi connectivity index (χ2n) is 5.97. The highest BCUT2D eigenvalue weighted by Crippen LogP contribution is 2.22. The maximum atomic E-state index is 13.2. The number of anilines is 1. The van der Waals surface area contributed by atoms with E-state index < -0.39 is 0 Å². The van der Waals surface area contributed by atoms with Gasteiger partial charge in [0, 0.05) is 0 Å². The topological polar surface area (TPSA) is 100 Å². The van der Waals surface area contributed by atoms with Gasteiger partial charge in [-0.05, 0) is 24.1 Å². The number of aromatic nitrogens is 7. The Balaban J connectivity index is 1.60. The van der Waals surface area contributed by atoms with Crippen molar-refractivity contribution in [3.63, 3.8) is 0 Å². The molecule has 0 aliphatic carbocycles. The first-order valence-electron chi connectivity index (χ1n) is 8.23. The predicted molar refractivity (Wildman–Crippen MR) is 93.7 cm³/mol. The van der Waals surface area contributed by atoms with E-state index in [1.807, 2.05) is 10.8 Å². The summed E-state index contributed by atoms with van der Waals surface area (Å²) in [5.41, 5.74) is 8.78. The van der Waals surface area contributed by atoms with Crippen LogP contribution in [0.4, 0.5) is 10.2 Å². The Morgan fingerprint density at radius 2 is 1.96 bits per heavy atom. The lowest BCUT2D eigenvalue weighted by molar-refractivity contribution is 0.492. The summed E-state index contributed by atoms with van der Waals surface area (Å²) >= 11 is 0. The summed E-state index contributed by atoms with van der Waals surface area (Å²) in [6, 6.07) is 6.45. The van der Waals surface area contributed by atoms with E-state index in [4.69, 9.17) is 5.73 Å². The van der Waals surface area contributed by atoms with Gasteiger partial charge in [-0.1, -0.05) is 24.3 Å². The molecule has 0 aliphatic rings. The molecule has 0 fully saturated rings. The average molecular weight is 352 g/mol. The summed E-state index contributed by atoms with van der Waals surface area (Å²) < 4.78 is 16.8. The molecule has 0 bridgehead atoms. The third-order valence-electron chi connectivity index (χ3n) is 4.28. The van der Waals surface area contributed by atoms with Gasteiger partial charge in [-0.2, -0.15) is 0 Å². The van der Waals surface area contributed by atoms with Crippen LogP contribution in [0.2, 0.25) is 0 Å². The van der Waals surface area contributed by atoms with Crippen LogP contribution in [0, 0.1) is 5.82 Å². The Morgan fingerprint density at radius 3 is 2.73 bits per heavy atom. The highest BCUT2D eigenvalue weighted by molar-refractivity contribution is 5.81. The zero-order valence-electron chi connectivity index (χ0n) is 14.1. The van der Waals surface area contributed by atoms with Crippen LogP contribution in [0.5, 0.6) is 0 Å². The van der Waals surface area contributed by atoms with Crippen molar-refractivity contribution in [2.45, 2.75) is 25.9 Å². The molecule has 0 saturated heterocycles. The first-order valence-corrected chi connectivity index (χ1v) is 8.23. The van der Waals surface area contributed by atoms with Gasteiger partial charge in [0.15, 0.2) is 11.5 Å². The van der Waals surface area contributed by atoms with E-state index in [0.29, 0.717) is 23.5 Å². The summed E-state index contributed by atoms with van der Waals surface area (Å²) in [5.74, 6) is 0.0934. The van der Waals surface area contributed by atoms with E-state index in [2.05, 4.69) is 32.2 Å². The fourth-order valence-corrected chi connectivity index (χ4v) is 2.99. The molecule has 0 saturated carbocycles. The van der Waals surface area contributed by atoms with Crippen LogP contribution in [0.25, 0.3) is 11.2 Å². The molecule has 3 aromatic heterocycles. The van der Waals surface area contributed by atoms with Gasteiger partial charge in [-0.25, -0.2) is 24.0 Å². The Labute approximate surface area is 148 Å². The van der Waals surface area contributed by atoms with Crippen molar-refractivity contribution < 1.29 is 4.39 Å². The minimum Gasteiger partial charge on any atom is -0.382 e. The molecule has 2 N–H and O–H groups in total. The number of nitrogens with zero attached hydrogens (tertiary/aromatic N) is 7. The molecule has 8 nitrogen and oxygen atoms in total. The number of rotatable bonds is 5. The minimum absolute atomic E-state index is 0.00523. The average Bonchev–Trinajstić information content (AvgIpc) is 3.26. The number of halogens is 1. The van der Waals surface area contributed by atoms with Crippen molar-refractivity contribution >= 4 is 17.0 Å². The van der Waals surface area contributed by atoms with Crippen LogP contribution in [0.1, 0.15) is 30.6 Å². The molecule has 3 heterocycles. The largest absolute Gasteiger partial charge is 0.382 e.